The summed E-state index contributed by atoms with van der Waals surface area (Å²) in [4.78, 5) is 42.0. The second-order valence-corrected chi connectivity index (χ2v) is 7.65. The number of hydrogen-bond acceptors (Lipinski definition) is 5. The molecule has 0 unspecified atom stereocenters. The largest absolute Gasteiger partial charge is 0.444 e. The Bertz CT molecular complexity index is 710. The fraction of sp³-hybridized carbons (Fsp3) is 0.625. The number of rotatable bonds is 3. The maximum Gasteiger partial charge on any atom is 0.410 e. The Labute approximate surface area is 160 Å². The average molecular weight is 430 g/mol. The van der Waals surface area contributed by atoms with Gasteiger partial charge >= 0.3 is 6.09 Å². The second kappa shape index (κ2) is 8.07. The summed E-state index contributed by atoms with van der Waals surface area (Å²) in [5.74, 6) is -0.771. The number of aromatic nitrogens is 2. The highest BCUT2D eigenvalue weighted by atomic mass is 79.9. The number of likely N-dealkylation sites (N-methyl/N-ethyl adjacent to an activating group) is 1. The molecule has 0 bridgehead atoms. The Kier molecular flexibility index (Phi) is 6.27. The fourth-order valence-corrected chi connectivity index (χ4v) is 3.09. The number of carbonyl (C=O) groups excluding carboxylic acids is 3. The lowest BCUT2D eigenvalue weighted by molar-refractivity contribution is -0.119. The summed E-state index contributed by atoms with van der Waals surface area (Å²) >= 11 is 3.36. The van der Waals surface area contributed by atoms with Gasteiger partial charge in [0.15, 0.2) is 10.4 Å². The van der Waals surface area contributed by atoms with Gasteiger partial charge in [-0.05, 0) is 43.1 Å². The molecule has 2 N–H and O–H groups in total. The van der Waals surface area contributed by atoms with Gasteiger partial charge in [0.05, 0.1) is 18.8 Å². The van der Waals surface area contributed by atoms with Crippen LogP contribution in [0.5, 0.6) is 0 Å². The number of ether oxygens (including phenoxy) is 1. The number of fused-ring (bicyclic) bond motifs is 1. The van der Waals surface area contributed by atoms with Crippen LogP contribution in [0.4, 0.5) is 4.79 Å². The number of nitrogens with one attached hydrogen (secondary N) is 2. The minimum atomic E-state index is -0.599. The highest BCUT2D eigenvalue weighted by molar-refractivity contribution is 9.10. The number of halogens is 1. The van der Waals surface area contributed by atoms with Crippen molar-refractivity contribution in [2.75, 3.05) is 20.1 Å². The second-order valence-electron chi connectivity index (χ2n) is 6.94. The summed E-state index contributed by atoms with van der Waals surface area (Å²) in [7, 11) is 1.49. The molecule has 0 spiro atoms. The van der Waals surface area contributed by atoms with Crippen LogP contribution < -0.4 is 10.6 Å². The first kappa shape index (κ1) is 20.2. The van der Waals surface area contributed by atoms with Crippen LogP contribution in [0, 0.1) is 0 Å². The van der Waals surface area contributed by atoms with E-state index in [2.05, 4.69) is 31.5 Å². The van der Waals surface area contributed by atoms with Gasteiger partial charge in [0.25, 0.3) is 5.91 Å². The van der Waals surface area contributed by atoms with Crippen LogP contribution in [0.15, 0.2) is 4.73 Å². The Balaban J connectivity index is 2.22. The van der Waals surface area contributed by atoms with Gasteiger partial charge in [0, 0.05) is 20.1 Å². The van der Waals surface area contributed by atoms with Crippen molar-refractivity contribution in [1.29, 1.82) is 0 Å². The Hall–Kier alpha value is -2.10. The van der Waals surface area contributed by atoms with Crippen LogP contribution in [0.3, 0.4) is 0 Å². The predicted molar refractivity (Wildman–Crippen MR) is 97.6 cm³/mol. The van der Waals surface area contributed by atoms with E-state index in [9.17, 15) is 14.4 Å². The Morgan fingerprint density at radius 3 is 2.58 bits per heavy atom. The Morgan fingerprint density at radius 1 is 1.27 bits per heavy atom. The van der Waals surface area contributed by atoms with Gasteiger partial charge in [-0.15, -0.1) is 0 Å². The third-order valence-electron chi connectivity index (χ3n) is 3.73. The molecule has 0 saturated heterocycles. The summed E-state index contributed by atoms with van der Waals surface area (Å²) in [6.45, 7) is 6.61. The quantitative estimate of drug-likeness (QED) is 0.752. The topological polar surface area (TPSA) is 106 Å². The molecule has 2 rings (SSSR count). The third kappa shape index (κ3) is 4.96. The molecular formula is C16H24BrN5O4. The minimum Gasteiger partial charge on any atom is -0.444 e. The van der Waals surface area contributed by atoms with Crippen LogP contribution in [0.25, 0.3) is 0 Å². The SMILES string of the molecule is CNC(=O)CNC(=O)c1nc(Br)n2c1CN(C(=O)OC(C)(C)C)CCC2. The van der Waals surface area contributed by atoms with Crippen molar-refractivity contribution < 1.29 is 19.1 Å². The van der Waals surface area contributed by atoms with E-state index in [4.69, 9.17) is 4.74 Å². The molecule has 0 aliphatic carbocycles. The molecule has 2 heterocycles. The van der Waals surface area contributed by atoms with Gasteiger partial charge in [-0.2, -0.15) is 0 Å². The standard InChI is InChI=1S/C16H24BrN5O4/c1-16(2,3)26-15(25)21-6-5-7-22-10(9-21)12(20-14(22)17)13(24)19-8-11(23)18-4/h5-9H2,1-4H3,(H,18,23)(H,19,24). The summed E-state index contributed by atoms with van der Waals surface area (Å²) in [6.07, 6.45) is 0.278. The molecule has 144 valence electrons. The molecule has 0 aromatic carbocycles. The van der Waals surface area contributed by atoms with E-state index in [1.807, 2.05) is 4.57 Å². The molecule has 3 amide bonds. The van der Waals surface area contributed by atoms with Crippen LogP contribution in [-0.4, -0.2) is 58.1 Å². The molecule has 0 fully saturated rings. The van der Waals surface area contributed by atoms with Crippen molar-refractivity contribution in [3.63, 3.8) is 0 Å². The predicted octanol–water partition coefficient (Wildman–Crippen LogP) is 1.26. The number of amides is 3. The van der Waals surface area contributed by atoms with Crippen molar-refractivity contribution in [2.24, 2.45) is 0 Å². The molecule has 26 heavy (non-hydrogen) atoms. The van der Waals surface area contributed by atoms with E-state index < -0.39 is 17.6 Å². The monoisotopic (exact) mass is 429 g/mol. The van der Waals surface area contributed by atoms with Crippen molar-refractivity contribution in [2.45, 2.75) is 45.9 Å². The summed E-state index contributed by atoms with van der Waals surface area (Å²) in [5, 5.41) is 4.97. The zero-order chi connectivity index (χ0) is 19.5. The van der Waals surface area contributed by atoms with E-state index in [0.717, 1.165) is 0 Å². The molecule has 1 aliphatic rings. The number of nitrogens with zero attached hydrogens (tertiary/aromatic N) is 3. The summed E-state index contributed by atoms with van der Waals surface area (Å²) in [6, 6.07) is 0. The summed E-state index contributed by atoms with van der Waals surface area (Å²) < 4.78 is 7.82. The molecule has 9 nitrogen and oxygen atoms in total. The Morgan fingerprint density at radius 2 is 1.96 bits per heavy atom. The average Bonchev–Trinajstić information content (AvgIpc) is 2.73. The number of carbonyl (C=O) groups is 3. The molecule has 10 heteroatoms. The molecule has 0 saturated carbocycles. The first-order valence-electron chi connectivity index (χ1n) is 8.34. The van der Waals surface area contributed by atoms with Crippen molar-refractivity contribution in [3.05, 3.63) is 16.1 Å². The van der Waals surface area contributed by atoms with Gasteiger partial charge in [0.2, 0.25) is 5.91 Å². The molecule has 1 aliphatic heterocycles. The van der Waals surface area contributed by atoms with Crippen LogP contribution >= 0.6 is 15.9 Å². The van der Waals surface area contributed by atoms with Gasteiger partial charge in [0.1, 0.15) is 5.60 Å². The van der Waals surface area contributed by atoms with E-state index in [1.54, 1.807) is 25.7 Å². The van der Waals surface area contributed by atoms with Gasteiger partial charge in [-0.25, -0.2) is 9.78 Å². The first-order chi connectivity index (χ1) is 12.1. The molecule has 1 aromatic heterocycles. The van der Waals surface area contributed by atoms with Gasteiger partial charge < -0.3 is 24.8 Å². The van der Waals surface area contributed by atoms with Crippen molar-refractivity contribution in [1.82, 2.24) is 25.1 Å². The number of hydrogen-bond donors (Lipinski definition) is 2. The lowest BCUT2D eigenvalue weighted by Gasteiger charge is -2.26. The molecule has 1 aromatic rings. The zero-order valence-corrected chi connectivity index (χ0v) is 17.0. The van der Waals surface area contributed by atoms with Crippen LogP contribution in [0.1, 0.15) is 43.4 Å². The smallest absolute Gasteiger partial charge is 0.410 e. The fourth-order valence-electron chi connectivity index (χ4n) is 2.52. The summed E-state index contributed by atoms with van der Waals surface area (Å²) in [5.41, 5.74) is 0.198. The highest BCUT2D eigenvalue weighted by Gasteiger charge is 2.29. The maximum atomic E-state index is 12.4. The van der Waals surface area contributed by atoms with Crippen molar-refractivity contribution in [3.8, 4) is 0 Å². The van der Waals surface area contributed by atoms with E-state index in [0.29, 0.717) is 29.9 Å². The van der Waals surface area contributed by atoms with Crippen LogP contribution in [-0.2, 0) is 22.6 Å². The van der Waals surface area contributed by atoms with Gasteiger partial charge in [-0.1, -0.05) is 0 Å². The van der Waals surface area contributed by atoms with Crippen LogP contribution in [0.2, 0.25) is 0 Å². The van der Waals surface area contributed by atoms with Crippen molar-refractivity contribution >= 4 is 33.8 Å². The van der Waals surface area contributed by atoms with Gasteiger partial charge in [-0.3, -0.25) is 9.59 Å². The lowest BCUT2D eigenvalue weighted by atomic mass is 10.2. The zero-order valence-electron chi connectivity index (χ0n) is 15.4. The van der Waals surface area contributed by atoms with E-state index in [1.165, 1.54) is 7.05 Å². The maximum absolute atomic E-state index is 12.4. The molecule has 0 atom stereocenters. The lowest BCUT2D eigenvalue weighted by Crippen LogP contribution is -2.38. The molecular weight excluding hydrogens is 406 g/mol. The van der Waals surface area contributed by atoms with E-state index >= 15 is 0 Å². The third-order valence-corrected chi connectivity index (χ3v) is 4.34. The first-order valence-corrected chi connectivity index (χ1v) is 9.13. The normalized spacial score (nSPS) is 14.3. The minimum absolute atomic E-state index is 0.144. The highest BCUT2D eigenvalue weighted by Crippen LogP contribution is 2.23. The molecule has 0 radical (unpaired) electrons. The number of imidazole rings is 1. The van der Waals surface area contributed by atoms with E-state index in [-0.39, 0.29) is 24.7 Å².